The number of ether oxygens (including phenoxy) is 1. The summed E-state index contributed by atoms with van der Waals surface area (Å²) in [6.45, 7) is 3.20. The predicted molar refractivity (Wildman–Crippen MR) is 126 cm³/mol. The first kappa shape index (κ1) is 22.3. The zero-order chi connectivity index (χ0) is 23.6. The summed E-state index contributed by atoms with van der Waals surface area (Å²) in [4.78, 5) is 39.5. The van der Waals surface area contributed by atoms with Gasteiger partial charge in [-0.15, -0.1) is 0 Å². The second-order valence-corrected chi connectivity index (χ2v) is 8.50. The number of nitrogens with one attached hydrogen (secondary N) is 2. The Morgan fingerprint density at radius 1 is 1.06 bits per heavy atom. The number of carbonyl (C=O) groups is 3. The maximum atomic E-state index is 13.1. The van der Waals surface area contributed by atoms with Gasteiger partial charge in [0.25, 0.3) is 5.91 Å². The highest BCUT2D eigenvalue weighted by atomic mass is 16.5. The Bertz CT molecular complexity index is 1220. The van der Waals surface area contributed by atoms with Crippen LogP contribution < -0.4 is 15.4 Å². The van der Waals surface area contributed by atoms with Gasteiger partial charge in [0.1, 0.15) is 17.8 Å². The fourth-order valence-corrected chi connectivity index (χ4v) is 4.38. The van der Waals surface area contributed by atoms with Gasteiger partial charge in [0.05, 0.1) is 13.2 Å². The van der Waals surface area contributed by atoms with Gasteiger partial charge >= 0.3 is 6.03 Å². The van der Waals surface area contributed by atoms with Crippen molar-refractivity contribution in [3.8, 4) is 5.75 Å². The SMILES string of the molecule is COc1ccccc1C[C@]1(C)NC(=O)N(CC(=O)N[C@H](C)c2cccc3ccccc23)C1=O. The summed E-state index contributed by atoms with van der Waals surface area (Å²) in [7, 11) is 1.56. The molecule has 0 bridgehead atoms. The van der Waals surface area contributed by atoms with E-state index in [2.05, 4.69) is 10.6 Å². The van der Waals surface area contributed by atoms with Crippen molar-refractivity contribution in [2.75, 3.05) is 13.7 Å². The second-order valence-electron chi connectivity index (χ2n) is 8.50. The molecule has 0 unspecified atom stereocenters. The molecule has 0 spiro atoms. The van der Waals surface area contributed by atoms with E-state index < -0.39 is 23.4 Å². The molecule has 2 atom stereocenters. The third-order valence-electron chi connectivity index (χ3n) is 6.05. The first-order valence-electron chi connectivity index (χ1n) is 10.9. The summed E-state index contributed by atoms with van der Waals surface area (Å²) in [5.74, 6) is -0.201. The lowest BCUT2D eigenvalue weighted by molar-refractivity contribution is -0.134. The van der Waals surface area contributed by atoms with E-state index in [0.29, 0.717) is 5.75 Å². The zero-order valence-corrected chi connectivity index (χ0v) is 18.9. The number of methoxy groups -OCH3 is 1. The Balaban J connectivity index is 1.46. The normalized spacial score (nSPS) is 18.8. The Morgan fingerprint density at radius 2 is 1.76 bits per heavy atom. The van der Waals surface area contributed by atoms with Gasteiger partial charge in [-0.2, -0.15) is 0 Å². The molecule has 7 nitrogen and oxygen atoms in total. The highest BCUT2D eigenvalue weighted by Crippen LogP contribution is 2.28. The van der Waals surface area contributed by atoms with E-state index in [1.54, 1.807) is 20.1 Å². The van der Waals surface area contributed by atoms with E-state index in [1.807, 2.05) is 67.6 Å². The molecule has 1 fully saturated rings. The van der Waals surface area contributed by atoms with Crippen molar-refractivity contribution < 1.29 is 19.1 Å². The lowest BCUT2D eigenvalue weighted by Crippen LogP contribution is -2.47. The lowest BCUT2D eigenvalue weighted by atomic mass is 9.92. The number of hydrogen-bond acceptors (Lipinski definition) is 4. The van der Waals surface area contributed by atoms with Gasteiger partial charge in [-0.1, -0.05) is 60.7 Å². The summed E-state index contributed by atoms with van der Waals surface area (Å²) in [6.07, 6.45) is 0.256. The van der Waals surface area contributed by atoms with Crippen LogP contribution in [0.25, 0.3) is 10.8 Å². The van der Waals surface area contributed by atoms with Gasteiger partial charge in [-0.05, 0) is 41.8 Å². The number of hydrogen-bond donors (Lipinski definition) is 2. The van der Waals surface area contributed by atoms with Crippen LogP contribution in [0.3, 0.4) is 0 Å². The van der Waals surface area contributed by atoms with Crippen molar-refractivity contribution in [2.45, 2.75) is 31.8 Å². The molecule has 4 rings (SSSR count). The highest BCUT2D eigenvalue weighted by Gasteiger charge is 2.48. The molecule has 0 aromatic heterocycles. The van der Waals surface area contributed by atoms with Crippen molar-refractivity contribution in [1.29, 1.82) is 0 Å². The fourth-order valence-electron chi connectivity index (χ4n) is 4.38. The van der Waals surface area contributed by atoms with Crippen LogP contribution in [0.1, 0.15) is 31.0 Å². The number of rotatable bonds is 7. The van der Waals surface area contributed by atoms with E-state index in [1.165, 1.54) is 0 Å². The van der Waals surface area contributed by atoms with E-state index in [9.17, 15) is 14.4 Å². The van der Waals surface area contributed by atoms with Crippen LogP contribution >= 0.6 is 0 Å². The molecule has 1 aliphatic rings. The Morgan fingerprint density at radius 3 is 2.55 bits per heavy atom. The molecule has 33 heavy (non-hydrogen) atoms. The first-order valence-corrected chi connectivity index (χ1v) is 10.9. The average molecular weight is 446 g/mol. The molecule has 0 aliphatic carbocycles. The maximum Gasteiger partial charge on any atom is 0.325 e. The van der Waals surface area contributed by atoms with Crippen molar-refractivity contribution in [3.63, 3.8) is 0 Å². The van der Waals surface area contributed by atoms with Crippen LogP contribution in [-0.2, 0) is 16.0 Å². The Kier molecular flexibility index (Phi) is 6.05. The van der Waals surface area contributed by atoms with Crippen LogP contribution in [0.5, 0.6) is 5.75 Å². The third-order valence-corrected chi connectivity index (χ3v) is 6.05. The van der Waals surface area contributed by atoms with Crippen molar-refractivity contribution in [1.82, 2.24) is 15.5 Å². The number of nitrogens with zero attached hydrogens (tertiary/aromatic N) is 1. The smallest absolute Gasteiger partial charge is 0.325 e. The summed E-state index contributed by atoms with van der Waals surface area (Å²) in [5, 5.41) is 7.79. The van der Waals surface area contributed by atoms with Crippen LogP contribution in [0.4, 0.5) is 4.79 Å². The predicted octanol–water partition coefficient (Wildman–Crippen LogP) is 3.58. The number of benzene rings is 3. The van der Waals surface area contributed by atoms with Gasteiger partial charge < -0.3 is 15.4 Å². The monoisotopic (exact) mass is 445 g/mol. The van der Waals surface area contributed by atoms with Crippen LogP contribution in [0, 0.1) is 0 Å². The van der Waals surface area contributed by atoms with Gasteiger partial charge in [0.15, 0.2) is 0 Å². The van der Waals surface area contributed by atoms with Gasteiger partial charge in [-0.3, -0.25) is 14.5 Å². The number of urea groups is 1. The third kappa shape index (κ3) is 4.39. The molecule has 3 aromatic rings. The van der Waals surface area contributed by atoms with E-state index in [4.69, 9.17) is 4.74 Å². The lowest BCUT2D eigenvalue weighted by Gasteiger charge is -2.23. The number of para-hydroxylation sites is 1. The molecule has 2 N–H and O–H groups in total. The molecule has 7 heteroatoms. The van der Waals surface area contributed by atoms with Crippen LogP contribution in [0.15, 0.2) is 66.7 Å². The van der Waals surface area contributed by atoms with Gasteiger partial charge in [0.2, 0.25) is 5.91 Å². The molecular formula is C26H27N3O4. The van der Waals surface area contributed by atoms with Gasteiger partial charge in [-0.25, -0.2) is 4.79 Å². The summed E-state index contributed by atoms with van der Waals surface area (Å²) in [5.41, 5.74) is 0.611. The van der Waals surface area contributed by atoms with Crippen molar-refractivity contribution >= 4 is 28.6 Å². The molecule has 170 valence electrons. The Hall–Kier alpha value is -3.87. The second kappa shape index (κ2) is 8.94. The molecule has 3 aromatic carbocycles. The quantitative estimate of drug-likeness (QED) is 0.544. The summed E-state index contributed by atoms with van der Waals surface area (Å²) in [6, 6.07) is 20.4. The topological polar surface area (TPSA) is 87.7 Å². The fraction of sp³-hybridized carbons (Fsp3) is 0.269. The number of carbonyl (C=O) groups excluding carboxylic acids is 3. The standard InChI is InChI=1S/C26H27N3O4/c1-17(20-13-8-11-18-9-4-6-12-21(18)20)27-23(30)16-29-24(31)26(2,28-25(29)32)15-19-10-5-7-14-22(19)33-3/h4-14,17H,15-16H2,1-3H3,(H,27,30)(H,28,32)/t17-,26+/m1/s1. The summed E-state index contributed by atoms with van der Waals surface area (Å²) >= 11 is 0. The number of fused-ring (bicyclic) bond motifs is 1. The molecule has 0 saturated carbocycles. The van der Waals surface area contributed by atoms with Crippen molar-refractivity contribution in [2.24, 2.45) is 0 Å². The first-order chi connectivity index (χ1) is 15.8. The number of amides is 4. The number of imide groups is 1. The zero-order valence-electron chi connectivity index (χ0n) is 18.9. The molecule has 1 saturated heterocycles. The molecule has 0 radical (unpaired) electrons. The Labute approximate surface area is 192 Å². The van der Waals surface area contributed by atoms with Crippen molar-refractivity contribution in [3.05, 3.63) is 77.9 Å². The molecular weight excluding hydrogens is 418 g/mol. The van der Waals surface area contributed by atoms with E-state index in [-0.39, 0.29) is 19.0 Å². The summed E-state index contributed by atoms with van der Waals surface area (Å²) < 4.78 is 5.37. The molecule has 1 heterocycles. The minimum atomic E-state index is -1.16. The average Bonchev–Trinajstić information content (AvgIpc) is 3.01. The van der Waals surface area contributed by atoms with Gasteiger partial charge in [0, 0.05) is 6.42 Å². The molecule has 4 amide bonds. The van der Waals surface area contributed by atoms with Crippen LogP contribution in [0.2, 0.25) is 0 Å². The minimum Gasteiger partial charge on any atom is -0.496 e. The highest BCUT2D eigenvalue weighted by molar-refractivity contribution is 6.09. The maximum absolute atomic E-state index is 13.1. The largest absolute Gasteiger partial charge is 0.496 e. The van der Waals surface area contributed by atoms with E-state index in [0.717, 1.165) is 26.8 Å². The van der Waals surface area contributed by atoms with E-state index >= 15 is 0 Å². The van der Waals surface area contributed by atoms with Crippen LogP contribution in [-0.4, -0.2) is 41.9 Å². The minimum absolute atomic E-state index is 0.256. The molecule has 1 aliphatic heterocycles.